The normalized spacial score (nSPS) is 15.9. The number of nitrogens with one attached hydrogen (secondary N) is 2. The first-order valence-electron chi connectivity index (χ1n) is 23.5. The quantitative estimate of drug-likeness (QED) is 0.0664. The summed E-state index contributed by atoms with van der Waals surface area (Å²) in [4.78, 5) is 90.9. The molecule has 0 spiro atoms. The third-order valence-electron chi connectivity index (χ3n) is 12.5. The molecule has 3 aliphatic heterocycles. The molecule has 2 fully saturated rings. The lowest BCUT2D eigenvalue weighted by molar-refractivity contribution is -0.136. The summed E-state index contributed by atoms with van der Waals surface area (Å²) in [6.07, 6.45) is 0.586. The Hall–Kier alpha value is -7.00. The molecule has 1 aromatic heterocycles. The van der Waals surface area contributed by atoms with Crippen molar-refractivity contribution in [2.75, 3.05) is 103 Å². The lowest BCUT2D eigenvalue weighted by Gasteiger charge is -2.36. The van der Waals surface area contributed by atoms with Crippen LogP contribution in [0, 0.1) is 5.82 Å². The van der Waals surface area contributed by atoms with Gasteiger partial charge in [-0.3, -0.25) is 39.0 Å². The third-order valence-corrected chi connectivity index (χ3v) is 12.8. The number of amides is 6. The van der Waals surface area contributed by atoms with Crippen molar-refractivity contribution in [3.05, 3.63) is 82.6 Å². The Labute approximate surface area is 413 Å². The van der Waals surface area contributed by atoms with Gasteiger partial charge in [-0.05, 0) is 59.2 Å². The Balaban J connectivity index is 0.760. The average molecular weight is 997 g/mol. The summed E-state index contributed by atoms with van der Waals surface area (Å²) in [6.45, 7) is 5.99. The van der Waals surface area contributed by atoms with E-state index >= 15 is 4.39 Å². The molecule has 3 aliphatic rings. The van der Waals surface area contributed by atoms with Gasteiger partial charge in [0.25, 0.3) is 11.8 Å². The number of anilines is 2. The van der Waals surface area contributed by atoms with Crippen LogP contribution < -0.4 is 20.3 Å². The number of piperidine rings is 1. The number of fused-ring (bicyclic) bond motifs is 3. The lowest BCUT2D eigenvalue weighted by Crippen LogP contribution is -2.54. The average Bonchev–Trinajstić information content (AvgIpc) is 3.61. The molecule has 1 atom stereocenters. The third kappa shape index (κ3) is 11.5. The highest BCUT2D eigenvalue weighted by Gasteiger charge is 2.44. The van der Waals surface area contributed by atoms with Crippen molar-refractivity contribution in [1.29, 1.82) is 0 Å². The molecule has 2 saturated heterocycles. The van der Waals surface area contributed by atoms with E-state index in [0.717, 1.165) is 4.90 Å². The van der Waals surface area contributed by atoms with Crippen molar-refractivity contribution in [3.63, 3.8) is 0 Å². The molecular formula is C50H54ClFN8O11. The number of benzene rings is 4. The topological polar surface area (TPSA) is 222 Å². The number of carbonyl (C=O) groups excluding carboxylic acids is 6. The number of piperazine rings is 1. The number of ether oxygens (including phenoxy) is 4. The largest absolute Gasteiger partial charge is 0.508 e. The Kier molecular flexibility index (Phi) is 16.2. The highest BCUT2D eigenvalue weighted by molar-refractivity contribution is 6.35. The molecule has 21 heteroatoms. The molecule has 0 saturated carbocycles. The first-order chi connectivity index (χ1) is 34.3. The molecule has 0 bridgehead atoms. The zero-order valence-electron chi connectivity index (χ0n) is 39.3. The molecule has 4 aromatic carbocycles. The van der Waals surface area contributed by atoms with Crippen molar-refractivity contribution in [2.24, 2.45) is 0 Å². The van der Waals surface area contributed by atoms with Gasteiger partial charge < -0.3 is 44.1 Å². The van der Waals surface area contributed by atoms with Crippen LogP contribution in [0.2, 0.25) is 5.02 Å². The minimum Gasteiger partial charge on any atom is -0.508 e. The minimum absolute atomic E-state index is 0.0102. The van der Waals surface area contributed by atoms with Gasteiger partial charge in [-0.25, -0.2) is 9.37 Å². The zero-order valence-corrected chi connectivity index (χ0v) is 40.1. The van der Waals surface area contributed by atoms with Crippen molar-refractivity contribution in [2.45, 2.75) is 38.6 Å². The van der Waals surface area contributed by atoms with E-state index in [0.29, 0.717) is 92.3 Å². The number of likely N-dealkylation sites (N-methyl/N-ethyl adjacent to an activating group) is 1. The fourth-order valence-electron chi connectivity index (χ4n) is 8.74. The molecular weight excluding hydrogens is 943 g/mol. The number of halogens is 2. The molecule has 0 radical (unpaired) electrons. The number of rotatable bonds is 21. The fraction of sp³-hybridized carbons (Fsp3) is 0.400. The maximum absolute atomic E-state index is 16.9. The van der Waals surface area contributed by atoms with Gasteiger partial charge in [0.05, 0.1) is 55.8 Å². The Morgan fingerprint density at radius 1 is 0.859 bits per heavy atom. The molecule has 6 amide bonds. The monoisotopic (exact) mass is 996 g/mol. The first kappa shape index (κ1) is 50.4. The van der Waals surface area contributed by atoms with Crippen molar-refractivity contribution < 1.29 is 57.2 Å². The van der Waals surface area contributed by atoms with Gasteiger partial charge in [0.15, 0.2) is 5.82 Å². The van der Waals surface area contributed by atoms with Crippen LogP contribution in [0.25, 0.3) is 32.8 Å². The van der Waals surface area contributed by atoms with E-state index < -0.39 is 35.5 Å². The maximum Gasteiger partial charge on any atom is 0.262 e. The molecule has 19 nitrogen and oxygen atoms in total. The van der Waals surface area contributed by atoms with Crippen molar-refractivity contribution in [3.8, 4) is 22.6 Å². The predicted octanol–water partition coefficient (Wildman–Crippen LogP) is 4.80. The predicted molar refractivity (Wildman–Crippen MR) is 260 cm³/mol. The molecule has 5 aromatic rings. The van der Waals surface area contributed by atoms with Crippen LogP contribution in [0.1, 0.15) is 53.3 Å². The van der Waals surface area contributed by atoms with Crippen LogP contribution in [0.4, 0.5) is 16.2 Å². The van der Waals surface area contributed by atoms with Crippen molar-refractivity contribution >= 4 is 80.5 Å². The van der Waals surface area contributed by atoms with E-state index in [1.54, 1.807) is 35.0 Å². The van der Waals surface area contributed by atoms with E-state index in [-0.39, 0.29) is 103 Å². The minimum atomic E-state index is -1.05. The van der Waals surface area contributed by atoms with E-state index in [1.807, 2.05) is 36.1 Å². The number of hydrogen-bond acceptors (Lipinski definition) is 15. The molecule has 0 aliphatic carbocycles. The number of nitrogens with zero attached hydrogens (tertiary/aromatic N) is 6. The summed E-state index contributed by atoms with van der Waals surface area (Å²) in [5.74, 6) is -2.27. The second kappa shape index (κ2) is 22.8. The number of phenols is 1. The number of hydrogen-bond donors (Lipinski definition) is 3. The molecule has 3 N–H and O–H groups in total. The summed E-state index contributed by atoms with van der Waals surface area (Å²) in [5.41, 5.74) is 0.786. The van der Waals surface area contributed by atoms with Crippen LogP contribution in [-0.4, -0.2) is 164 Å². The first-order valence-corrected chi connectivity index (χ1v) is 23.8. The SMILES string of the molecule is CCC(=O)N1CCN(c2nc(NCCC(=O)N(C)CCOCCOCCOCCOc3ccc4c(c3)C(=O)N(C3CCC(=O)NC3=O)C4=O)nc3c(F)c(-c4cc(O)cc5ccccc45)c(Cl)cc23)CC1. The van der Waals surface area contributed by atoms with E-state index in [2.05, 4.69) is 15.6 Å². The van der Waals surface area contributed by atoms with Gasteiger partial charge in [-0.2, -0.15) is 4.98 Å². The van der Waals surface area contributed by atoms with Gasteiger partial charge in [0.2, 0.25) is 29.6 Å². The van der Waals surface area contributed by atoms with Crippen LogP contribution in [0.15, 0.2) is 60.7 Å². The van der Waals surface area contributed by atoms with Crippen LogP contribution in [0.3, 0.4) is 0 Å². The Morgan fingerprint density at radius 2 is 1.56 bits per heavy atom. The number of aromatic hydroxyl groups is 1. The summed E-state index contributed by atoms with van der Waals surface area (Å²) >= 11 is 6.87. The van der Waals surface area contributed by atoms with E-state index in [1.165, 1.54) is 18.2 Å². The second-order valence-electron chi connectivity index (χ2n) is 17.1. The number of carbonyl (C=O) groups is 6. The van der Waals surface area contributed by atoms with Gasteiger partial charge >= 0.3 is 0 Å². The Bertz CT molecular complexity index is 2860. The maximum atomic E-state index is 16.9. The summed E-state index contributed by atoms with van der Waals surface area (Å²) in [7, 11) is 1.67. The molecule has 374 valence electrons. The second-order valence-corrected chi connectivity index (χ2v) is 17.5. The van der Waals surface area contributed by atoms with Gasteiger partial charge in [0.1, 0.15) is 35.5 Å². The van der Waals surface area contributed by atoms with Crippen LogP contribution >= 0.6 is 11.6 Å². The number of aromatic nitrogens is 2. The van der Waals surface area contributed by atoms with E-state index in [4.69, 9.17) is 35.5 Å². The molecule has 4 heterocycles. The number of imide groups is 2. The fourth-order valence-corrected chi connectivity index (χ4v) is 9.03. The smallest absolute Gasteiger partial charge is 0.262 e. The molecule has 71 heavy (non-hydrogen) atoms. The lowest BCUT2D eigenvalue weighted by atomic mass is 9.96. The molecule has 8 rings (SSSR count). The summed E-state index contributed by atoms with van der Waals surface area (Å²) in [6, 6.07) is 15.5. The zero-order chi connectivity index (χ0) is 50.2. The standard InChI is InChI=1S/C50H54ClFN8O11/c1-3-41(63)58-14-16-59(17-15-58)46-37-29-38(51)43(35-27-31(61)26-30-6-4-5-7-33(30)35)44(52)45(37)55-50(56-46)53-13-12-42(64)57(2)18-19-68-20-21-69-22-23-70-24-25-71-32-8-9-34-36(28-32)49(67)60(48(34)66)39-10-11-40(62)54-47(39)65/h4-9,26-29,39,61H,3,10-25H2,1-2H3,(H,53,55,56)(H,54,62,65). The van der Waals surface area contributed by atoms with Crippen LogP contribution in [-0.2, 0) is 33.4 Å². The number of phenolic OH excluding ortho intramolecular Hbond substituents is 1. The Morgan fingerprint density at radius 3 is 2.30 bits per heavy atom. The highest BCUT2D eigenvalue weighted by Crippen LogP contribution is 2.42. The highest BCUT2D eigenvalue weighted by atomic mass is 35.5. The van der Waals surface area contributed by atoms with Gasteiger partial charge in [0, 0.05) is 76.5 Å². The summed E-state index contributed by atoms with van der Waals surface area (Å²) in [5, 5.41) is 17.8. The van der Waals surface area contributed by atoms with Gasteiger partial charge in [-0.15, -0.1) is 0 Å². The van der Waals surface area contributed by atoms with Gasteiger partial charge in [-0.1, -0.05) is 42.8 Å². The summed E-state index contributed by atoms with van der Waals surface area (Å²) < 4.78 is 39.5. The van der Waals surface area contributed by atoms with E-state index in [9.17, 15) is 33.9 Å². The van der Waals surface area contributed by atoms with Crippen LogP contribution in [0.5, 0.6) is 11.5 Å². The molecule has 1 unspecified atom stereocenters. The van der Waals surface area contributed by atoms with Crippen molar-refractivity contribution in [1.82, 2.24) is 30.0 Å².